The lowest BCUT2D eigenvalue weighted by Crippen LogP contribution is -2.12. The van der Waals surface area contributed by atoms with Crippen molar-refractivity contribution in [1.29, 1.82) is 5.26 Å². The van der Waals surface area contributed by atoms with Gasteiger partial charge in [-0.1, -0.05) is 17.7 Å². The largest absolute Gasteiger partial charge is 0.496 e. The first-order chi connectivity index (χ1) is 10.0. The van der Waals surface area contributed by atoms with Crippen LogP contribution in [-0.4, -0.2) is 13.0 Å². The zero-order valence-electron chi connectivity index (χ0n) is 11.6. The molecule has 106 valence electrons. The van der Waals surface area contributed by atoms with Crippen molar-refractivity contribution in [2.45, 2.75) is 6.92 Å². The summed E-state index contributed by atoms with van der Waals surface area (Å²) in [5.41, 5.74) is 2.32. The Balaban J connectivity index is 2.24. The topological polar surface area (TPSA) is 62.1 Å². The average Bonchev–Trinajstić information content (AvgIpc) is 2.49. The first-order valence-electron chi connectivity index (χ1n) is 6.21. The average molecular weight is 301 g/mol. The minimum atomic E-state index is -0.292. The van der Waals surface area contributed by atoms with Crippen LogP contribution in [-0.2, 0) is 0 Å². The molecule has 0 aliphatic carbocycles. The molecule has 0 aliphatic heterocycles. The number of hydrogen-bond acceptors (Lipinski definition) is 3. The van der Waals surface area contributed by atoms with Crippen molar-refractivity contribution in [3.63, 3.8) is 0 Å². The van der Waals surface area contributed by atoms with Crippen molar-refractivity contribution >= 4 is 23.2 Å². The highest BCUT2D eigenvalue weighted by Crippen LogP contribution is 2.24. The highest BCUT2D eigenvalue weighted by atomic mass is 35.5. The van der Waals surface area contributed by atoms with Gasteiger partial charge < -0.3 is 10.1 Å². The van der Waals surface area contributed by atoms with E-state index in [9.17, 15) is 4.79 Å². The van der Waals surface area contributed by atoms with E-state index in [0.29, 0.717) is 27.6 Å². The second-order valence-corrected chi connectivity index (χ2v) is 4.85. The van der Waals surface area contributed by atoms with Crippen molar-refractivity contribution in [1.82, 2.24) is 0 Å². The van der Waals surface area contributed by atoms with Gasteiger partial charge in [-0.2, -0.15) is 5.26 Å². The van der Waals surface area contributed by atoms with Crippen LogP contribution in [0.25, 0.3) is 0 Å². The number of hydrogen-bond donors (Lipinski definition) is 1. The van der Waals surface area contributed by atoms with Gasteiger partial charge in [-0.15, -0.1) is 0 Å². The van der Waals surface area contributed by atoms with Crippen LogP contribution in [0.5, 0.6) is 5.75 Å². The summed E-state index contributed by atoms with van der Waals surface area (Å²) in [6.07, 6.45) is 0. The zero-order valence-corrected chi connectivity index (χ0v) is 12.4. The van der Waals surface area contributed by atoms with Crippen LogP contribution in [0.3, 0.4) is 0 Å². The van der Waals surface area contributed by atoms with E-state index in [1.807, 2.05) is 19.1 Å². The molecule has 2 aromatic rings. The Labute approximate surface area is 127 Å². The van der Waals surface area contributed by atoms with Crippen LogP contribution >= 0.6 is 11.6 Å². The Morgan fingerprint density at radius 3 is 2.67 bits per heavy atom. The molecule has 0 aliphatic rings. The van der Waals surface area contributed by atoms with E-state index in [-0.39, 0.29) is 5.91 Å². The van der Waals surface area contributed by atoms with Crippen LogP contribution < -0.4 is 10.1 Å². The molecule has 2 rings (SSSR count). The number of nitrogens with zero attached hydrogens (tertiary/aromatic N) is 1. The Hall–Kier alpha value is -2.51. The Bertz CT molecular complexity index is 736. The maximum Gasteiger partial charge on any atom is 0.255 e. The predicted octanol–water partition coefficient (Wildman–Crippen LogP) is 3.78. The summed E-state index contributed by atoms with van der Waals surface area (Å²) in [6, 6.07) is 11.9. The first kappa shape index (κ1) is 14.9. The predicted molar refractivity (Wildman–Crippen MR) is 81.9 cm³/mol. The van der Waals surface area contributed by atoms with Gasteiger partial charge in [0.15, 0.2) is 0 Å². The number of nitriles is 1. The molecule has 1 N–H and O–H groups in total. The minimum Gasteiger partial charge on any atom is -0.496 e. The second-order valence-electron chi connectivity index (χ2n) is 4.44. The smallest absolute Gasteiger partial charge is 0.255 e. The van der Waals surface area contributed by atoms with Crippen LogP contribution in [0.15, 0.2) is 36.4 Å². The number of anilines is 1. The summed E-state index contributed by atoms with van der Waals surface area (Å²) in [4.78, 5) is 12.2. The minimum absolute atomic E-state index is 0.292. The zero-order chi connectivity index (χ0) is 15.4. The van der Waals surface area contributed by atoms with E-state index in [4.69, 9.17) is 21.6 Å². The monoisotopic (exact) mass is 300 g/mol. The van der Waals surface area contributed by atoms with Gasteiger partial charge in [0, 0.05) is 5.56 Å². The summed E-state index contributed by atoms with van der Waals surface area (Å²) < 4.78 is 5.20. The molecule has 0 radical (unpaired) electrons. The number of ether oxygens (including phenoxy) is 1. The molecule has 21 heavy (non-hydrogen) atoms. The summed E-state index contributed by atoms with van der Waals surface area (Å²) in [5, 5.41) is 11.8. The van der Waals surface area contributed by atoms with Crippen LogP contribution in [0.1, 0.15) is 21.5 Å². The van der Waals surface area contributed by atoms with Crippen molar-refractivity contribution < 1.29 is 9.53 Å². The fourth-order valence-electron chi connectivity index (χ4n) is 1.84. The Morgan fingerprint density at radius 1 is 1.29 bits per heavy atom. The fourth-order valence-corrected chi connectivity index (χ4v) is 2.07. The number of halogens is 1. The number of carbonyl (C=O) groups excluding carboxylic acids is 1. The molecule has 5 heteroatoms. The number of nitrogens with one attached hydrogen (secondary N) is 1. The number of methoxy groups -OCH3 is 1. The van der Waals surface area contributed by atoms with Gasteiger partial charge in [-0.25, -0.2) is 0 Å². The van der Waals surface area contributed by atoms with E-state index in [1.165, 1.54) is 6.07 Å². The van der Waals surface area contributed by atoms with E-state index < -0.39 is 0 Å². The van der Waals surface area contributed by atoms with Crippen molar-refractivity contribution in [3.05, 3.63) is 58.1 Å². The standard InChI is InChI=1S/C16H13ClN2O2/c1-10-3-5-12(8-15(10)21-2)16(20)19-14-6-4-11(9-18)7-13(14)17/h3-8H,1-2H3,(H,19,20). The van der Waals surface area contributed by atoms with Gasteiger partial charge >= 0.3 is 0 Å². The molecule has 0 spiro atoms. The molecular weight excluding hydrogens is 288 g/mol. The second kappa shape index (κ2) is 6.29. The molecular formula is C16H13ClN2O2. The number of carbonyl (C=O) groups is 1. The first-order valence-corrected chi connectivity index (χ1v) is 6.58. The molecule has 0 aromatic heterocycles. The Morgan fingerprint density at radius 2 is 2.05 bits per heavy atom. The third kappa shape index (κ3) is 3.33. The van der Waals surface area contributed by atoms with E-state index in [2.05, 4.69) is 5.32 Å². The van der Waals surface area contributed by atoms with Crippen LogP contribution in [0.2, 0.25) is 5.02 Å². The van der Waals surface area contributed by atoms with E-state index in [0.717, 1.165) is 5.56 Å². The molecule has 0 unspecified atom stereocenters. The number of benzene rings is 2. The van der Waals surface area contributed by atoms with Crippen LogP contribution in [0, 0.1) is 18.3 Å². The van der Waals surface area contributed by atoms with Gasteiger partial charge in [0.2, 0.25) is 0 Å². The molecule has 0 fully saturated rings. The maximum atomic E-state index is 12.2. The number of amides is 1. The van der Waals surface area contributed by atoms with Gasteiger partial charge in [0.05, 0.1) is 29.5 Å². The van der Waals surface area contributed by atoms with Gasteiger partial charge in [-0.05, 0) is 42.8 Å². The van der Waals surface area contributed by atoms with Crippen molar-refractivity contribution in [2.24, 2.45) is 0 Å². The lowest BCUT2D eigenvalue weighted by molar-refractivity contribution is 0.102. The van der Waals surface area contributed by atoms with Crippen molar-refractivity contribution in [2.75, 3.05) is 12.4 Å². The quantitative estimate of drug-likeness (QED) is 0.938. The van der Waals surface area contributed by atoms with E-state index in [1.54, 1.807) is 31.4 Å². The maximum absolute atomic E-state index is 12.2. The highest BCUT2D eigenvalue weighted by Gasteiger charge is 2.11. The molecule has 0 saturated carbocycles. The molecule has 0 heterocycles. The molecule has 1 amide bonds. The lowest BCUT2D eigenvalue weighted by atomic mass is 10.1. The SMILES string of the molecule is COc1cc(C(=O)Nc2ccc(C#N)cc2Cl)ccc1C. The summed E-state index contributed by atoms with van der Waals surface area (Å²) in [5.74, 6) is 0.355. The lowest BCUT2D eigenvalue weighted by Gasteiger charge is -2.10. The molecule has 0 atom stereocenters. The number of aryl methyl sites for hydroxylation is 1. The summed E-state index contributed by atoms with van der Waals surface area (Å²) >= 11 is 6.03. The van der Waals surface area contributed by atoms with Crippen LogP contribution in [0.4, 0.5) is 5.69 Å². The summed E-state index contributed by atoms with van der Waals surface area (Å²) in [6.45, 7) is 1.90. The Kier molecular flexibility index (Phi) is 4.46. The molecule has 4 nitrogen and oxygen atoms in total. The normalized spacial score (nSPS) is 9.81. The molecule has 2 aromatic carbocycles. The van der Waals surface area contributed by atoms with Gasteiger partial charge in [0.1, 0.15) is 5.75 Å². The molecule has 0 saturated heterocycles. The van der Waals surface area contributed by atoms with E-state index >= 15 is 0 Å². The third-order valence-electron chi connectivity index (χ3n) is 3.02. The van der Waals surface area contributed by atoms with Gasteiger partial charge in [-0.3, -0.25) is 4.79 Å². The van der Waals surface area contributed by atoms with Crippen molar-refractivity contribution in [3.8, 4) is 11.8 Å². The number of rotatable bonds is 3. The third-order valence-corrected chi connectivity index (χ3v) is 3.33. The highest BCUT2D eigenvalue weighted by molar-refractivity contribution is 6.34. The fraction of sp³-hybridized carbons (Fsp3) is 0.125. The molecule has 0 bridgehead atoms. The summed E-state index contributed by atoms with van der Waals surface area (Å²) in [7, 11) is 1.56. The van der Waals surface area contributed by atoms with Gasteiger partial charge in [0.25, 0.3) is 5.91 Å².